The highest BCUT2D eigenvalue weighted by Gasteiger charge is 2.23. The van der Waals surface area contributed by atoms with Crippen LogP contribution in [0.25, 0.3) is 0 Å². The molecule has 0 saturated heterocycles. The summed E-state index contributed by atoms with van der Waals surface area (Å²) in [7, 11) is 0. The first-order valence-corrected chi connectivity index (χ1v) is 6.46. The van der Waals surface area contributed by atoms with Crippen molar-refractivity contribution in [3.8, 4) is 0 Å². The third-order valence-electron chi connectivity index (χ3n) is 3.38. The Morgan fingerprint density at radius 2 is 2.22 bits per heavy atom. The maximum Gasteiger partial charge on any atom is 0.237 e. The van der Waals surface area contributed by atoms with Gasteiger partial charge in [-0.1, -0.05) is 31.2 Å². The van der Waals surface area contributed by atoms with Crippen molar-refractivity contribution < 1.29 is 9.90 Å². The van der Waals surface area contributed by atoms with Gasteiger partial charge in [-0.15, -0.1) is 0 Å². The normalized spacial score (nSPS) is 20.0. The zero-order chi connectivity index (χ0) is 13.0. The molecule has 2 rings (SSSR count). The molecule has 18 heavy (non-hydrogen) atoms. The molecule has 3 N–H and O–H groups in total. The average molecular weight is 248 g/mol. The molecule has 0 aliphatic carbocycles. The Morgan fingerprint density at radius 1 is 1.50 bits per heavy atom. The van der Waals surface area contributed by atoms with Crippen molar-refractivity contribution in [2.45, 2.75) is 38.5 Å². The van der Waals surface area contributed by atoms with Gasteiger partial charge in [0.1, 0.15) is 0 Å². The number of rotatable bonds is 4. The van der Waals surface area contributed by atoms with Crippen molar-refractivity contribution in [3.05, 3.63) is 35.4 Å². The van der Waals surface area contributed by atoms with Gasteiger partial charge in [0, 0.05) is 13.1 Å². The van der Waals surface area contributed by atoms with Crippen LogP contribution < -0.4 is 10.6 Å². The van der Waals surface area contributed by atoms with Crippen LogP contribution in [0.2, 0.25) is 0 Å². The Morgan fingerprint density at radius 3 is 2.94 bits per heavy atom. The predicted molar refractivity (Wildman–Crippen MR) is 70.1 cm³/mol. The van der Waals surface area contributed by atoms with Crippen LogP contribution in [0.1, 0.15) is 24.5 Å². The summed E-state index contributed by atoms with van der Waals surface area (Å²) in [6.07, 6.45) is 0.913. The van der Waals surface area contributed by atoms with Gasteiger partial charge in [-0.05, 0) is 24.0 Å². The fourth-order valence-corrected chi connectivity index (χ4v) is 2.13. The van der Waals surface area contributed by atoms with Gasteiger partial charge < -0.3 is 15.7 Å². The van der Waals surface area contributed by atoms with E-state index in [-0.39, 0.29) is 11.9 Å². The van der Waals surface area contributed by atoms with E-state index in [0.29, 0.717) is 19.4 Å². The smallest absolute Gasteiger partial charge is 0.237 e. The van der Waals surface area contributed by atoms with E-state index in [2.05, 4.69) is 22.8 Å². The van der Waals surface area contributed by atoms with Gasteiger partial charge in [-0.3, -0.25) is 4.79 Å². The number of amides is 1. The lowest BCUT2D eigenvalue weighted by molar-refractivity contribution is -0.123. The van der Waals surface area contributed by atoms with Crippen LogP contribution in [-0.2, 0) is 17.8 Å². The highest BCUT2D eigenvalue weighted by atomic mass is 16.3. The molecule has 1 aromatic carbocycles. The molecule has 0 saturated carbocycles. The highest BCUT2D eigenvalue weighted by molar-refractivity contribution is 5.82. The number of carbonyl (C=O) groups excluding carboxylic acids is 1. The molecule has 1 unspecified atom stereocenters. The minimum Gasteiger partial charge on any atom is -0.391 e. The summed E-state index contributed by atoms with van der Waals surface area (Å²) in [5.41, 5.74) is 2.49. The van der Waals surface area contributed by atoms with Crippen molar-refractivity contribution in [1.82, 2.24) is 10.6 Å². The summed E-state index contributed by atoms with van der Waals surface area (Å²) in [4.78, 5) is 11.9. The van der Waals surface area contributed by atoms with Crippen LogP contribution in [-0.4, -0.2) is 29.7 Å². The summed E-state index contributed by atoms with van der Waals surface area (Å²) in [5, 5.41) is 15.4. The van der Waals surface area contributed by atoms with Crippen LogP contribution in [0.15, 0.2) is 24.3 Å². The SMILES string of the molecule is CCC(O)CNC(=O)[C@H]1Cc2ccccc2CN1. The second-order valence-electron chi connectivity index (χ2n) is 4.71. The molecule has 0 aromatic heterocycles. The topological polar surface area (TPSA) is 61.4 Å². The van der Waals surface area contributed by atoms with E-state index in [1.165, 1.54) is 11.1 Å². The summed E-state index contributed by atoms with van der Waals surface area (Å²) in [5.74, 6) is -0.0306. The lowest BCUT2D eigenvalue weighted by Gasteiger charge is -2.25. The Balaban J connectivity index is 1.90. The molecular formula is C14H20N2O2. The molecule has 2 atom stereocenters. The number of benzene rings is 1. The van der Waals surface area contributed by atoms with Gasteiger partial charge >= 0.3 is 0 Å². The van der Waals surface area contributed by atoms with Gasteiger partial charge in [0.2, 0.25) is 5.91 Å². The van der Waals surface area contributed by atoms with Gasteiger partial charge in [-0.2, -0.15) is 0 Å². The van der Waals surface area contributed by atoms with Crippen LogP contribution in [0.4, 0.5) is 0 Å². The largest absolute Gasteiger partial charge is 0.391 e. The Labute approximate surface area is 107 Å². The molecule has 0 radical (unpaired) electrons. The summed E-state index contributed by atoms with van der Waals surface area (Å²) >= 11 is 0. The summed E-state index contributed by atoms with van der Waals surface area (Å²) < 4.78 is 0. The lowest BCUT2D eigenvalue weighted by Crippen LogP contribution is -2.49. The van der Waals surface area contributed by atoms with Crippen molar-refractivity contribution in [2.24, 2.45) is 0 Å². The van der Waals surface area contributed by atoms with Crippen molar-refractivity contribution in [1.29, 1.82) is 0 Å². The van der Waals surface area contributed by atoms with Gasteiger partial charge in [0.25, 0.3) is 0 Å². The Bertz CT molecular complexity index is 420. The quantitative estimate of drug-likeness (QED) is 0.731. The van der Waals surface area contributed by atoms with Gasteiger partial charge in [-0.25, -0.2) is 0 Å². The standard InChI is InChI=1S/C14H20N2O2/c1-2-12(17)9-16-14(18)13-7-10-5-3-4-6-11(10)8-15-13/h3-6,12-13,15,17H,2,7-9H2,1H3,(H,16,18)/t12?,13-/m1/s1. The number of hydrogen-bond donors (Lipinski definition) is 3. The van der Waals surface area contributed by atoms with Crippen molar-refractivity contribution >= 4 is 5.91 Å². The first-order chi connectivity index (χ1) is 8.70. The number of nitrogens with one attached hydrogen (secondary N) is 2. The average Bonchev–Trinajstić information content (AvgIpc) is 2.43. The van der Waals surface area contributed by atoms with Crippen LogP contribution in [0, 0.1) is 0 Å². The monoisotopic (exact) mass is 248 g/mol. The van der Waals surface area contributed by atoms with Crippen molar-refractivity contribution in [2.75, 3.05) is 6.54 Å². The molecule has 0 spiro atoms. The fourth-order valence-electron chi connectivity index (χ4n) is 2.13. The zero-order valence-corrected chi connectivity index (χ0v) is 10.6. The van der Waals surface area contributed by atoms with E-state index in [0.717, 1.165) is 6.54 Å². The molecule has 1 heterocycles. The van der Waals surface area contributed by atoms with Gasteiger partial charge in [0.15, 0.2) is 0 Å². The molecule has 0 bridgehead atoms. The molecule has 0 fully saturated rings. The third-order valence-corrected chi connectivity index (χ3v) is 3.38. The van der Waals surface area contributed by atoms with E-state index >= 15 is 0 Å². The lowest BCUT2D eigenvalue weighted by atomic mass is 9.95. The number of carbonyl (C=O) groups is 1. The van der Waals surface area contributed by atoms with E-state index in [1.54, 1.807) is 0 Å². The van der Waals surface area contributed by atoms with Crippen LogP contribution in [0.3, 0.4) is 0 Å². The van der Waals surface area contributed by atoms with Crippen LogP contribution >= 0.6 is 0 Å². The molecule has 4 nitrogen and oxygen atoms in total. The van der Waals surface area contributed by atoms with E-state index in [4.69, 9.17) is 0 Å². The fraction of sp³-hybridized carbons (Fsp3) is 0.500. The molecule has 1 amide bonds. The molecule has 4 heteroatoms. The maximum atomic E-state index is 11.9. The molecule has 1 aliphatic heterocycles. The Kier molecular flexibility index (Phi) is 4.33. The predicted octanol–water partition coefficient (Wildman–Crippen LogP) is 0.588. The maximum absolute atomic E-state index is 11.9. The zero-order valence-electron chi connectivity index (χ0n) is 10.6. The Hall–Kier alpha value is -1.39. The summed E-state index contributed by atoms with van der Waals surface area (Å²) in [6, 6.07) is 7.97. The molecule has 1 aromatic rings. The van der Waals surface area contributed by atoms with Crippen molar-refractivity contribution in [3.63, 3.8) is 0 Å². The minimum absolute atomic E-state index is 0.0306. The number of hydrogen-bond acceptors (Lipinski definition) is 3. The van der Waals surface area contributed by atoms with Crippen LogP contribution in [0.5, 0.6) is 0 Å². The van der Waals surface area contributed by atoms with E-state index in [9.17, 15) is 9.90 Å². The highest BCUT2D eigenvalue weighted by Crippen LogP contribution is 2.16. The number of aliphatic hydroxyl groups is 1. The molecule has 1 aliphatic rings. The first-order valence-electron chi connectivity index (χ1n) is 6.46. The second-order valence-corrected chi connectivity index (χ2v) is 4.71. The second kappa shape index (κ2) is 5.98. The number of aliphatic hydroxyl groups excluding tert-OH is 1. The molecular weight excluding hydrogens is 228 g/mol. The van der Waals surface area contributed by atoms with Gasteiger partial charge in [0.05, 0.1) is 12.1 Å². The first kappa shape index (κ1) is 13.1. The molecule has 98 valence electrons. The minimum atomic E-state index is -0.454. The third kappa shape index (κ3) is 3.09. The van der Waals surface area contributed by atoms with E-state index < -0.39 is 6.10 Å². The number of fused-ring (bicyclic) bond motifs is 1. The summed E-state index contributed by atoms with van der Waals surface area (Å²) in [6.45, 7) is 2.95. The van der Waals surface area contributed by atoms with E-state index in [1.807, 2.05) is 19.1 Å².